The molecule has 1 saturated heterocycles. The molecule has 0 atom stereocenters. The highest BCUT2D eigenvalue weighted by molar-refractivity contribution is 9.10. The monoisotopic (exact) mass is 316 g/mol. The van der Waals surface area contributed by atoms with Crippen LogP contribution in [0.15, 0.2) is 16.6 Å². The maximum atomic E-state index is 13.9. The highest BCUT2D eigenvalue weighted by Crippen LogP contribution is 2.38. The fourth-order valence-corrected chi connectivity index (χ4v) is 2.24. The predicted octanol–water partition coefficient (Wildman–Crippen LogP) is 2.59. The van der Waals surface area contributed by atoms with E-state index in [1.54, 1.807) is 0 Å². The van der Waals surface area contributed by atoms with Gasteiger partial charge in [0.05, 0.1) is 15.7 Å². The third-order valence-electron chi connectivity index (χ3n) is 3.60. The molecule has 1 aromatic carbocycles. The van der Waals surface area contributed by atoms with Crippen LogP contribution in [0.1, 0.15) is 27.7 Å². The van der Waals surface area contributed by atoms with Gasteiger partial charge in [0.15, 0.2) is 0 Å². The Labute approximate surface area is 115 Å². The van der Waals surface area contributed by atoms with Crippen LogP contribution in [0.4, 0.5) is 4.39 Å². The Kier molecular flexibility index (Phi) is 3.24. The lowest BCUT2D eigenvalue weighted by atomic mass is 9.78. The summed E-state index contributed by atoms with van der Waals surface area (Å²) in [6.07, 6.45) is 0. The van der Waals surface area contributed by atoms with Gasteiger partial charge in [0.1, 0.15) is 11.6 Å². The Hall–Kier alpha value is -0.585. The van der Waals surface area contributed by atoms with Gasteiger partial charge in [-0.25, -0.2) is 4.39 Å². The lowest BCUT2D eigenvalue weighted by Gasteiger charge is -2.32. The van der Waals surface area contributed by atoms with E-state index in [9.17, 15) is 9.50 Å². The fraction of sp³-hybridized carbons (Fsp3) is 0.500. The summed E-state index contributed by atoms with van der Waals surface area (Å²) >= 11 is 3.17. The molecule has 18 heavy (non-hydrogen) atoms. The van der Waals surface area contributed by atoms with E-state index in [1.807, 2.05) is 27.7 Å². The zero-order valence-electron chi connectivity index (χ0n) is 10.8. The Morgan fingerprint density at radius 1 is 1.17 bits per heavy atom. The molecular formula is C12H15BBrFO3. The summed E-state index contributed by atoms with van der Waals surface area (Å²) in [4.78, 5) is 0. The Balaban J connectivity index is 2.44. The third-order valence-corrected chi connectivity index (χ3v) is 4.43. The first-order chi connectivity index (χ1) is 8.16. The first kappa shape index (κ1) is 13.8. The molecule has 0 spiro atoms. The maximum absolute atomic E-state index is 13.9. The van der Waals surface area contributed by atoms with E-state index < -0.39 is 24.1 Å². The molecule has 0 amide bonds. The molecule has 2 rings (SSSR count). The largest absolute Gasteiger partial charge is 0.507 e. The van der Waals surface area contributed by atoms with Crippen LogP contribution in [0.5, 0.6) is 5.75 Å². The van der Waals surface area contributed by atoms with Gasteiger partial charge >= 0.3 is 7.12 Å². The van der Waals surface area contributed by atoms with Gasteiger partial charge in [0.2, 0.25) is 0 Å². The Morgan fingerprint density at radius 2 is 1.67 bits per heavy atom. The van der Waals surface area contributed by atoms with Gasteiger partial charge in [-0.2, -0.15) is 0 Å². The quantitative estimate of drug-likeness (QED) is 0.809. The molecule has 3 nitrogen and oxygen atoms in total. The van der Waals surface area contributed by atoms with Gasteiger partial charge in [-0.1, -0.05) is 0 Å². The van der Waals surface area contributed by atoms with Crippen LogP contribution >= 0.6 is 15.9 Å². The zero-order valence-corrected chi connectivity index (χ0v) is 12.3. The normalized spacial score (nSPS) is 21.3. The van der Waals surface area contributed by atoms with E-state index in [0.29, 0.717) is 0 Å². The van der Waals surface area contributed by atoms with Crippen LogP contribution in [-0.4, -0.2) is 23.4 Å². The van der Waals surface area contributed by atoms with E-state index in [4.69, 9.17) is 9.31 Å². The molecule has 0 saturated carbocycles. The first-order valence-electron chi connectivity index (χ1n) is 5.68. The number of rotatable bonds is 1. The number of aromatic hydroxyl groups is 1. The maximum Gasteiger partial charge on any atom is 0.499 e. The fourth-order valence-electron chi connectivity index (χ4n) is 1.73. The van der Waals surface area contributed by atoms with E-state index in [2.05, 4.69) is 15.9 Å². The molecule has 1 aromatic rings. The highest BCUT2D eigenvalue weighted by Gasteiger charge is 2.53. The van der Waals surface area contributed by atoms with Gasteiger partial charge in [0.25, 0.3) is 0 Å². The molecule has 1 aliphatic heterocycles. The molecule has 98 valence electrons. The van der Waals surface area contributed by atoms with Crippen LogP contribution in [0.25, 0.3) is 0 Å². The number of hydrogen-bond donors (Lipinski definition) is 1. The molecule has 0 aromatic heterocycles. The summed E-state index contributed by atoms with van der Waals surface area (Å²) in [5.74, 6) is -0.515. The van der Waals surface area contributed by atoms with Crippen molar-refractivity contribution in [1.82, 2.24) is 0 Å². The summed E-state index contributed by atoms with van der Waals surface area (Å²) in [5.41, 5.74) is -0.905. The summed E-state index contributed by atoms with van der Waals surface area (Å²) in [5, 5.41) is 9.62. The van der Waals surface area contributed by atoms with Crippen LogP contribution in [0.2, 0.25) is 0 Å². The second kappa shape index (κ2) is 4.22. The number of benzene rings is 1. The zero-order chi connectivity index (χ0) is 13.7. The molecule has 6 heteroatoms. The third kappa shape index (κ3) is 2.06. The smallest absolute Gasteiger partial charge is 0.499 e. The lowest BCUT2D eigenvalue weighted by Crippen LogP contribution is -2.41. The topological polar surface area (TPSA) is 38.7 Å². The van der Waals surface area contributed by atoms with Gasteiger partial charge in [0, 0.05) is 5.46 Å². The van der Waals surface area contributed by atoms with Gasteiger partial charge < -0.3 is 14.4 Å². The first-order valence-corrected chi connectivity index (χ1v) is 6.47. The minimum absolute atomic E-state index is 0.0406. The van der Waals surface area contributed by atoms with Crippen molar-refractivity contribution in [3.8, 4) is 5.75 Å². The molecule has 1 heterocycles. The molecular weight excluding hydrogens is 302 g/mol. The Morgan fingerprint density at radius 3 is 2.17 bits per heavy atom. The van der Waals surface area contributed by atoms with Crippen molar-refractivity contribution >= 4 is 28.5 Å². The minimum Gasteiger partial charge on any atom is -0.507 e. The number of phenolic OH excluding ortho intramolecular Hbond substituents is 1. The van der Waals surface area contributed by atoms with Gasteiger partial charge in [-0.15, -0.1) is 0 Å². The molecule has 0 aliphatic carbocycles. The molecule has 0 unspecified atom stereocenters. The summed E-state index contributed by atoms with van der Waals surface area (Å²) < 4.78 is 25.7. The Bertz CT molecular complexity index is 474. The lowest BCUT2D eigenvalue weighted by molar-refractivity contribution is 0.00578. The van der Waals surface area contributed by atoms with Crippen LogP contribution in [0.3, 0.4) is 0 Å². The molecule has 0 radical (unpaired) electrons. The van der Waals surface area contributed by atoms with Crippen molar-refractivity contribution in [3.63, 3.8) is 0 Å². The molecule has 1 fully saturated rings. The SMILES string of the molecule is CC1(C)OB(c2c(F)ccc(O)c2Br)OC1(C)C. The van der Waals surface area contributed by atoms with Crippen LogP contribution in [0, 0.1) is 5.82 Å². The van der Waals surface area contributed by atoms with Gasteiger partial charge in [-0.05, 0) is 55.8 Å². The molecule has 1 aliphatic rings. The number of hydrogen-bond acceptors (Lipinski definition) is 3. The van der Waals surface area contributed by atoms with Crippen molar-refractivity contribution in [1.29, 1.82) is 0 Å². The van der Waals surface area contributed by atoms with Crippen molar-refractivity contribution in [2.75, 3.05) is 0 Å². The van der Waals surface area contributed by atoms with Crippen molar-refractivity contribution in [2.45, 2.75) is 38.9 Å². The predicted molar refractivity (Wildman–Crippen MR) is 71.5 cm³/mol. The van der Waals surface area contributed by atoms with Crippen molar-refractivity contribution < 1.29 is 18.8 Å². The average Bonchev–Trinajstić information content (AvgIpc) is 2.43. The summed E-state index contributed by atoms with van der Waals surface area (Å²) in [6, 6.07) is 2.48. The van der Waals surface area contributed by atoms with Crippen molar-refractivity contribution in [3.05, 3.63) is 22.4 Å². The van der Waals surface area contributed by atoms with E-state index >= 15 is 0 Å². The van der Waals surface area contributed by atoms with Crippen molar-refractivity contribution in [2.24, 2.45) is 0 Å². The van der Waals surface area contributed by atoms with Crippen LogP contribution in [-0.2, 0) is 9.31 Å². The van der Waals surface area contributed by atoms with Crippen LogP contribution < -0.4 is 5.46 Å². The number of phenols is 1. The number of halogens is 2. The standard InChI is InChI=1S/C12H15BBrFO3/c1-11(2)12(3,4)18-13(17-11)9-7(15)5-6-8(16)10(9)14/h5-6,16H,1-4H3. The average molecular weight is 317 g/mol. The molecule has 0 bridgehead atoms. The minimum atomic E-state index is -0.837. The van der Waals surface area contributed by atoms with E-state index in [0.717, 1.165) is 0 Å². The second-order valence-corrected chi connectivity index (χ2v) is 6.18. The summed E-state index contributed by atoms with van der Waals surface area (Å²) in [6.45, 7) is 7.56. The highest BCUT2D eigenvalue weighted by atomic mass is 79.9. The van der Waals surface area contributed by atoms with Gasteiger partial charge in [-0.3, -0.25) is 0 Å². The van der Waals surface area contributed by atoms with E-state index in [1.165, 1.54) is 12.1 Å². The summed E-state index contributed by atoms with van der Waals surface area (Å²) in [7, 11) is -0.837. The van der Waals surface area contributed by atoms with E-state index in [-0.39, 0.29) is 15.7 Å². The second-order valence-electron chi connectivity index (χ2n) is 5.38. The molecule has 1 N–H and O–H groups in total.